The Morgan fingerprint density at radius 3 is 2.64 bits per heavy atom. The maximum atomic E-state index is 5.65. The van der Waals surface area contributed by atoms with Crippen LogP contribution in [0, 0.1) is 13.8 Å². The largest absolute Gasteiger partial charge is 0.491 e. The Balaban J connectivity index is 2.89. The molecule has 0 aliphatic carbocycles. The molecule has 0 aliphatic rings. The number of halogens is 1. The van der Waals surface area contributed by atoms with Gasteiger partial charge in [-0.3, -0.25) is 0 Å². The van der Waals surface area contributed by atoms with E-state index in [0.717, 1.165) is 21.3 Å². The van der Waals surface area contributed by atoms with Gasteiger partial charge in [0.05, 0.1) is 0 Å². The van der Waals surface area contributed by atoms with Gasteiger partial charge in [0.1, 0.15) is 12.4 Å². The summed E-state index contributed by atoms with van der Waals surface area (Å²) in [5, 5.41) is 0. The van der Waals surface area contributed by atoms with Gasteiger partial charge >= 0.3 is 0 Å². The summed E-state index contributed by atoms with van der Waals surface area (Å²) in [5.41, 5.74) is 7.92. The van der Waals surface area contributed by atoms with E-state index in [9.17, 15) is 0 Å². The molecule has 78 valence electrons. The molecule has 0 saturated carbocycles. The maximum absolute atomic E-state index is 5.65. The third-order valence-electron chi connectivity index (χ3n) is 2.03. The molecule has 14 heavy (non-hydrogen) atoms. The molecule has 3 heteroatoms. The molecule has 1 aromatic rings. The van der Waals surface area contributed by atoms with Crippen LogP contribution in [0.1, 0.15) is 18.1 Å². The molecule has 1 rings (SSSR count). The molecule has 2 nitrogen and oxygen atoms in total. The molecule has 0 radical (unpaired) electrons. The Morgan fingerprint density at radius 1 is 1.43 bits per heavy atom. The monoisotopic (exact) mass is 257 g/mol. The number of benzene rings is 1. The molecule has 1 aromatic carbocycles. The summed E-state index contributed by atoms with van der Waals surface area (Å²) in [4.78, 5) is 0. The Labute approximate surface area is 93.6 Å². The van der Waals surface area contributed by atoms with Crippen LogP contribution in [0.15, 0.2) is 16.6 Å². The van der Waals surface area contributed by atoms with Crippen LogP contribution in [0.5, 0.6) is 5.75 Å². The zero-order valence-electron chi connectivity index (χ0n) is 8.80. The second-order valence-corrected chi connectivity index (χ2v) is 4.46. The fourth-order valence-electron chi connectivity index (χ4n) is 1.24. The van der Waals surface area contributed by atoms with Crippen LogP contribution < -0.4 is 10.5 Å². The SMILES string of the molecule is Cc1ccc(Br)c(C)c1OCC(C)N. The van der Waals surface area contributed by atoms with Crippen molar-refractivity contribution in [1.82, 2.24) is 0 Å². The van der Waals surface area contributed by atoms with Gasteiger partial charge in [0, 0.05) is 16.1 Å². The molecule has 0 aliphatic heterocycles. The number of ether oxygens (including phenoxy) is 1. The Kier molecular flexibility index (Phi) is 3.96. The molecule has 0 bridgehead atoms. The highest BCUT2D eigenvalue weighted by Gasteiger charge is 2.07. The third-order valence-corrected chi connectivity index (χ3v) is 2.89. The van der Waals surface area contributed by atoms with Crippen LogP contribution in [0.4, 0.5) is 0 Å². The van der Waals surface area contributed by atoms with Gasteiger partial charge in [0.15, 0.2) is 0 Å². The van der Waals surface area contributed by atoms with Crippen LogP contribution in [0.3, 0.4) is 0 Å². The van der Waals surface area contributed by atoms with Gasteiger partial charge < -0.3 is 10.5 Å². The average Bonchev–Trinajstić information content (AvgIpc) is 2.11. The van der Waals surface area contributed by atoms with Gasteiger partial charge in [0.2, 0.25) is 0 Å². The number of hydrogen-bond acceptors (Lipinski definition) is 2. The van der Waals surface area contributed by atoms with Crippen LogP contribution >= 0.6 is 15.9 Å². The smallest absolute Gasteiger partial charge is 0.126 e. The van der Waals surface area contributed by atoms with Crippen molar-refractivity contribution in [2.24, 2.45) is 5.73 Å². The van der Waals surface area contributed by atoms with Gasteiger partial charge in [-0.1, -0.05) is 22.0 Å². The van der Waals surface area contributed by atoms with Gasteiger partial charge in [-0.15, -0.1) is 0 Å². The van der Waals surface area contributed by atoms with E-state index < -0.39 is 0 Å². The van der Waals surface area contributed by atoms with Crippen LogP contribution in [0.2, 0.25) is 0 Å². The summed E-state index contributed by atoms with van der Waals surface area (Å²) in [6, 6.07) is 4.13. The van der Waals surface area contributed by atoms with Gasteiger partial charge in [0.25, 0.3) is 0 Å². The Bertz CT molecular complexity index is 323. The first-order valence-electron chi connectivity index (χ1n) is 4.66. The van der Waals surface area contributed by atoms with Crippen molar-refractivity contribution in [1.29, 1.82) is 0 Å². The van der Waals surface area contributed by atoms with Crippen LogP contribution in [-0.2, 0) is 0 Å². The number of nitrogens with two attached hydrogens (primary N) is 1. The Hall–Kier alpha value is -0.540. The summed E-state index contributed by atoms with van der Waals surface area (Å²) in [6.45, 7) is 6.56. The molecule has 2 N–H and O–H groups in total. The molecule has 0 spiro atoms. The van der Waals surface area contributed by atoms with Gasteiger partial charge in [-0.25, -0.2) is 0 Å². The van der Waals surface area contributed by atoms with Crippen molar-refractivity contribution >= 4 is 15.9 Å². The van der Waals surface area contributed by atoms with Crippen molar-refractivity contribution in [2.45, 2.75) is 26.8 Å². The molecule has 0 amide bonds. The molecular weight excluding hydrogens is 242 g/mol. The standard InChI is InChI=1S/C11H16BrNO/c1-7-4-5-10(12)9(3)11(7)14-6-8(2)13/h4-5,8H,6,13H2,1-3H3. The first-order valence-corrected chi connectivity index (χ1v) is 5.45. The summed E-state index contributed by atoms with van der Waals surface area (Å²) in [5.74, 6) is 0.941. The highest BCUT2D eigenvalue weighted by Crippen LogP contribution is 2.29. The molecule has 1 atom stereocenters. The molecular formula is C11H16BrNO. The fourth-order valence-corrected chi connectivity index (χ4v) is 1.55. The predicted molar refractivity (Wildman–Crippen MR) is 62.8 cm³/mol. The van der Waals surface area contributed by atoms with Crippen molar-refractivity contribution in [3.8, 4) is 5.75 Å². The lowest BCUT2D eigenvalue weighted by Gasteiger charge is -2.14. The quantitative estimate of drug-likeness (QED) is 0.904. The lowest BCUT2D eigenvalue weighted by atomic mass is 10.1. The molecule has 0 aromatic heterocycles. The lowest BCUT2D eigenvalue weighted by Crippen LogP contribution is -2.24. The molecule has 1 unspecified atom stereocenters. The minimum Gasteiger partial charge on any atom is -0.491 e. The third kappa shape index (κ3) is 2.72. The fraction of sp³-hybridized carbons (Fsp3) is 0.455. The van der Waals surface area contributed by atoms with Gasteiger partial charge in [-0.05, 0) is 32.4 Å². The second kappa shape index (κ2) is 4.80. The minimum absolute atomic E-state index is 0.0628. The summed E-state index contributed by atoms with van der Waals surface area (Å²) >= 11 is 3.48. The average molecular weight is 258 g/mol. The van der Waals surface area contributed by atoms with E-state index in [2.05, 4.69) is 15.9 Å². The lowest BCUT2D eigenvalue weighted by molar-refractivity contribution is 0.292. The maximum Gasteiger partial charge on any atom is 0.126 e. The highest BCUT2D eigenvalue weighted by molar-refractivity contribution is 9.10. The number of hydrogen-bond donors (Lipinski definition) is 1. The van der Waals surface area contributed by atoms with E-state index in [4.69, 9.17) is 10.5 Å². The second-order valence-electron chi connectivity index (χ2n) is 3.61. The predicted octanol–water partition coefficient (Wildman–Crippen LogP) is 2.79. The van der Waals surface area contributed by atoms with Crippen LogP contribution in [-0.4, -0.2) is 12.6 Å². The zero-order chi connectivity index (χ0) is 10.7. The summed E-state index contributed by atoms with van der Waals surface area (Å²) in [6.07, 6.45) is 0. The van der Waals surface area contributed by atoms with Crippen LogP contribution in [0.25, 0.3) is 0 Å². The summed E-state index contributed by atoms with van der Waals surface area (Å²) < 4.78 is 6.73. The minimum atomic E-state index is 0.0628. The van der Waals surface area contributed by atoms with Crippen molar-refractivity contribution in [3.63, 3.8) is 0 Å². The first-order chi connectivity index (χ1) is 6.52. The Morgan fingerprint density at radius 2 is 2.07 bits per heavy atom. The normalized spacial score (nSPS) is 12.6. The van der Waals surface area contributed by atoms with E-state index in [0.29, 0.717) is 6.61 Å². The number of aryl methyl sites for hydroxylation is 1. The van der Waals surface area contributed by atoms with Crippen molar-refractivity contribution < 1.29 is 4.74 Å². The molecule has 0 saturated heterocycles. The zero-order valence-corrected chi connectivity index (χ0v) is 10.4. The van der Waals surface area contributed by atoms with Crippen molar-refractivity contribution in [2.75, 3.05) is 6.61 Å². The topological polar surface area (TPSA) is 35.2 Å². The van der Waals surface area contributed by atoms with E-state index in [1.54, 1.807) is 0 Å². The van der Waals surface area contributed by atoms with Gasteiger partial charge in [-0.2, -0.15) is 0 Å². The van der Waals surface area contributed by atoms with E-state index in [-0.39, 0.29) is 6.04 Å². The number of rotatable bonds is 3. The van der Waals surface area contributed by atoms with E-state index >= 15 is 0 Å². The molecule has 0 heterocycles. The van der Waals surface area contributed by atoms with E-state index in [1.165, 1.54) is 0 Å². The first kappa shape index (κ1) is 11.5. The van der Waals surface area contributed by atoms with E-state index in [1.807, 2.05) is 32.9 Å². The highest BCUT2D eigenvalue weighted by atomic mass is 79.9. The van der Waals surface area contributed by atoms with Crippen molar-refractivity contribution in [3.05, 3.63) is 27.7 Å². The summed E-state index contributed by atoms with van der Waals surface area (Å²) in [7, 11) is 0. The molecule has 0 fully saturated rings.